The maximum atomic E-state index is 13.3. The molecule has 1 amide bonds. The van der Waals surface area contributed by atoms with Crippen molar-refractivity contribution in [3.8, 4) is 11.3 Å². The van der Waals surface area contributed by atoms with Crippen molar-refractivity contribution < 1.29 is 27.1 Å². The van der Waals surface area contributed by atoms with Crippen LogP contribution in [0.4, 0.5) is 13.2 Å². The SMILES string of the molecule is O=C(NCC1COC1)c1cnc2c(-c3cnco3)cc(C(F)(F)F)cn12. The first-order chi connectivity index (χ1) is 12.4. The number of nitrogens with one attached hydrogen (secondary N) is 1. The second-order valence-electron chi connectivity index (χ2n) is 5.96. The van der Waals surface area contributed by atoms with Crippen molar-refractivity contribution in [3.63, 3.8) is 0 Å². The first kappa shape index (κ1) is 16.6. The number of nitrogens with zero attached hydrogens (tertiary/aromatic N) is 3. The van der Waals surface area contributed by atoms with E-state index in [0.717, 1.165) is 23.1 Å². The van der Waals surface area contributed by atoms with E-state index in [1.165, 1.54) is 12.4 Å². The minimum absolute atomic E-state index is 0.00658. The standard InChI is InChI=1S/C16H13F3N4O3/c17-16(18,19)10-1-11(13-4-20-8-26-13)14-21-3-12(23(14)5-10)15(24)22-2-9-6-25-7-9/h1,3-5,8-9H,2,6-7H2,(H,22,24). The smallest absolute Gasteiger partial charge is 0.417 e. The summed E-state index contributed by atoms with van der Waals surface area (Å²) in [7, 11) is 0. The van der Waals surface area contributed by atoms with Gasteiger partial charge in [-0.25, -0.2) is 9.97 Å². The van der Waals surface area contributed by atoms with Crippen molar-refractivity contribution >= 4 is 11.6 Å². The quantitative estimate of drug-likeness (QED) is 0.767. The molecule has 0 saturated carbocycles. The van der Waals surface area contributed by atoms with Crippen LogP contribution in [0.1, 0.15) is 16.1 Å². The highest BCUT2D eigenvalue weighted by Gasteiger charge is 2.33. The molecule has 0 spiro atoms. The van der Waals surface area contributed by atoms with Crippen molar-refractivity contribution in [3.05, 3.63) is 42.3 Å². The van der Waals surface area contributed by atoms with Crippen LogP contribution in [-0.2, 0) is 10.9 Å². The number of carbonyl (C=O) groups excluding carboxylic acids is 1. The van der Waals surface area contributed by atoms with E-state index in [0.29, 0.717) is 19.8 Å². The lowest BCUT2D eigenvalue weighted by Crippen LogP contribution is -2.39. The van der Waals surface area contributed by atoms with E-state index < -0.39 is 17.6 Å². The van der Waals surface area contributed by atoms with Crippen LogP contribution in [-0.4, -0.2) is 40.0 Å². The summed E-state index contributed by atoms with van der Waals surface area (Å²) in [5.74, 6) is -0.161. The van der Waals surface area contributed by atoms with Crippen LogP contribution in [0.2, 0.25) is 0 Å². The van der Waals surface area contributed by atoms with E-state index >= 15 is 0 Å². The number of hydrogen-bond acceptors (Lipinski definition) is 5. The molecular formula is C16H13F3N4O3. The Bertz CT molecular complexity index is 946. The lowest BCUT2D eigenvalue weighted by Gasteiger charge is -2.25. The molecule has 1 fully saturated rings. The molecule has 3 aromatic heterocycles. The number of hydrogen-bond donors (Lipinski definition) is 1. The predicted molar refractivity (Wildman–Crippen MR) is 82.3 cm³/mol. The van der Waals surface area contributed by atoms with Gasteiger partial charge in [0.05, 0.1) is 36.7 Å². The summed E-state index contributed by atoms with van der Waals surface area (Å²) in [6.45, 7) is 1.50. The van der Waals surface area contributed by atoms with Gasteiger partial charge in [-0.05, 0) is 6.07 Å². The second kappa shape index (κ2) is 6.13. The molecule has 1 aliphatic heterocycles. The van der Waals surface area contributed by atoms with E-state index in [1.807, 2.05) is 0 Å². The maximum Gasteiger partial charge on any atom is 0.417 e. The van der Waals surface area contributed by atoms with Crippen LogP contribution in [0.15, 0.2) is 35.5 Å². The lowest BCUT2D eigenvalue weighted by molar-refractivity contribution is -0.137. The van der Waals surface area contributed by atoms with Gasteiger partial charge >= 0.3 is 6.18 Å². The Balaban J connectivity index is 1.77. The average molecular weight is 366 g/mol. The van der Waals surface area contributed by atoms with E-state index in [-0.39, 0.29) is 28.6 Å². The van der Waals surface area contributed by atoms with Gasteiger partial charge < -0.3 is 14.5 Å². The summed E-state index contributed by atoms with van der Waals surface area (Å²) in [6, 6.07) is 0.927. The summed E-state index contributed by atoms with van der Waals surface area (Å²) < 4.78 is 51.1. The number of fused-ring (bicyclic) bond motifs is 1. The first-order valence-electron chi connectivity index (χ1n) is 7.76. The van der Waals surface area contributed by atoms with Gasteiger partial charge in [0.25, 0.3) is 5.91 Å². The van der Waals surface area contributed by atoms with Gasteiger partial charge in [0, 0.05) is 18.7 Å². The van der Waals surface area contributed by atoms with Crippen molar-refractivity contribution in [1.29, 1.82) is 0 Å². The zero-order chi connectivity index (χ0) is 18.3. The van der Waals surface area contributed by atoms with Crippen LogP contribution in [0.3, 0.4) is 0 Å². The van der Waals surface area contributed by atoms with Gasteiger partial charge in [0.1, 0.15) is 11.3 Å². The number of alkyl halides is 3. The Hall–Kier alpha value is -2.88. The van der Waals surface area contributed by atoms with E-state index in [2.05, 4.69) is 15.3 Å². The minimum atomic E-state index is -4.59. The monoisotopic (exact) mass is 366 g/mol. The molecular weight excluding hydrogens is 353 g/mol. The normalized spacial score (nSPS) is 15.2. The van der Waals surface area contributed by atoms with Crippen molar-refractivity contribution in [2.24, 2.45) is 5.92 Å². The molecule has 1 N–H and O–H groups in total. The lowest BCUT2D eigenvalue weighted by atomic mass is 10.1. The van der Waals surface area contributed by atoms with E-state index in [1.54, 1.807) is 0 Å². The second-order valence-corrected chi connectivity index (χ2v) is 5.96. The fourth-order valence-corrected chi connectivity index (χ4v) is 2.67. The molecule has 0 aromatic carbocycles. The topological polar surface area (TPSA) is 81.7 Å². The summed E-state index contributed by atoms with van der Waals surface area (Å²) >= 11 is 0. The highest BCUT2D eigenvalue weighted by Crippen LogP contribution is 2.34. The molecule has 4 heterocycles. The third-order valence-corrected chi connectivity index (χ3v) is 4.12. The summed E-state index contributed by atoms with van der Waals surface area (Å²) in [6.07, 6.45) is -0.0976. The molecule has 0 unspecified atom stereocenters. The van der Waals surface area contributed by atoms with Crippen LogP contribution in [0.25, 0.3) is 17.0 Å². The van der Waals surface area contributed by atoms with Gasteiger partial charge in [-0.3, -0.25) is 9.20 Å². The Morgan fingerprint density at radius 2 is 2.15 bits per heavy atom. The fourth-order valence-electron chi connectivity index (χ4n) is 2.67. The van der Waals surface area contributed by atoms with Gasteiger partial charge in [-0.2, -0.15) is 13.2 Å². The zero-order valence-electron chi connectivity index (χ0n) is 13.3. The van der Waals surface area contributed by atoms with Crippen LogP contribution < -0.4 is 5.32 Å². The Morgan fingerprint density at radius 1 is 1.35 bits per heavy atom. The number of amides is 1. The van der Waals surface area contributed by atoms with Gasteiger partial charge in [-0.1, -0.05) is 0 Å². The number of rotatable bonds is 4. The molecule has 7 nitrogen and oxygen atoms in total. The molecule has 0 radical (unpaired) electrons. The number of pyridine rings is 1. The van der Waals surface area contributed by atoms with Crippen molar-refractivity contribution in [2.75, 3.05) is 19.8 Å². The third kappa shape index (κ3) is 2.92. The predicted octanol–water partition coefficient (Wildman–Crippen LogP) is 2.38. The highest BCUT2D eigenvalue weighted by atomic mass is 19.4. The average Bonchev–Trinajstić information content (AvgIpc) is 3.21. The largest absolute Gasteiger partial charge is 0.443 e. The molecule has 3 aromatic rings. The van der Waals surface area contributed by atoms with Crippen LogP contribution >= 0.6 is 0 Å². The molecule has 4 rings (SSSR count). The molecule has 0 bridgehead atoms. The number of aromatic nitrogens is 3. The molecule has 10 heteroatoms. The summed E-state index contributed by atoms with van der Waals surface area (Å²) in [4.78, 5) is 20.2. The number of carbonyl (C=O) groups is 1. The van der Waals surface area contributed by atoms with Crippen molar-refractivity contribution in [2.45, 2.75) is 6.18 Å². The van der Waals surface area contributed by atoms with E-state index in [9.17, 15) is 18.0 Å². The summed E-state index contributed by atoms with van der Waals surface area (Å²) in [5, 5.41) is 2.69. The first-order valence-corrected chi connectivity index (χ1v) is 7.76. The Morgan fingerprint density at radius 3 is 2.77 bits per heavy atom. The molecule has 0 aliphatic carbocycles. The molecule has 1 saturated heterocycles. The van der Waals surface area contributed by atoms with Gasteiger partial charge in [0.2, 0.25) is 0 Å². The minimum Gasteiger partial charge on any atom is -0.443 e. The van der Waals surface area contributed by atoms with Crippen molar-refractivity contribution in [1.82, 2.24) is 19.7 Å². The molecule has 1 aliphatic rings. The molecule has 26 heavy (non-hydrogen) atoms. The Kier molecular flexibility index (Phi) is 3.91. The fraction of sp³-hybridized carbons (Fsp3) is 0.312. The molecule has 0 atom stereocenters. The zero-order valence-corrected chi connectivity index (χ0v) is 13.3. The number of oxazole rings is 1. The third-order valence-electron chi connectivity index (χ3n) is 4.12. The number of imidazole rings is 1. The van der Waals surface area contributed by atoms with Gasteiger partial charge in [-0.15, -0.1) is 0 Å². The Labute approximate surface area is 144 Å². The number of ether oxygens (including phenoxy) is 1. The highest BCUT2D eigenvalue weighted by molar-refractivity contribution is 5.94. The maximum absolute atomic E-state index is 13.3. The summed E-state index contributed by atoms with van der Waals surface area (Å²) in [5.41, 5.74) is -0.640. The van der Waals surface area contributed by atoms with Gasteiger partial charge in [0.15, 0.2) is 12.2 Å². The van der Waals surface area contributed by atoms with E-state index in [4.69, 9.17) is 9.15 Å². The molecule has 136 valence electrons. The van der Waals surface area contributed by atoms with Crippen LogP contribution in [0.5, 0.6) is 0 Å². The van der Waals surface area contributed by atoms with Crippen LogP contribution in [0, 0.1) is 5.92 Å². The number of halogens is 3.